The van der Waals surface area contributed by atoms with Crippen LogP contribution in [0.4, 0.5) is 0 Å². The third-order valence-electron chi connectivity index (χ3n) is 4.78. The van der Waals surface area contributed by atoms with Gasteiger partial charge in [0.1, 0.15) is 0 Å². The molecule has 0 amide bonds. The van der Waals surface area contributed by atoms with E-state index in [2.05, 4.69) is 15.1 Å². The highest BCUT2D eigenvalue weighted by Gasteiger charge is 2.31. The molecule has 2 saturated heterocycles. The smallest absolute Gasteiger partial charge is 0.0113 e. The van der Waals surface area contributed by atoms with Crippen LogP contribution >= 0.6 is 0 Å². The molecule has 0 aromatic carbocycles. The quantitative estimate of drug-likeness (QED) is 0.791. The van der Waals surface area contributed by atoms with Crippen molar-refractivity contribution in [3.05, 3.63) is 0 Å². The van der Waals surface area contributed by atoms with Crippen LogP contribution in [0.15, 0.2) is 0 Å². The van der Waals surface area contributed by atoms with Crippen LogP contribution in [0.5, 0.6) is 0 Å². The first-order valence-electron chi connectivity index (χ1n) is 7.59. The zero-order valence-corrected chi connectivity index (χ0v) is 11.0. The van der Waals surface area contributed by atoms with E-state index >= 15 is 0 Å². The van der Waals surface area contributed by atoms with Crippen LogP contribution in [-0.2, 0) is 0 Å². The van der Waals surface area contributed by atoms with Crippen LogP contribution in [-0.4, -0.2) is 61.7 Å². The lowest BCUT2D eigenvalue weighted by Crippen LogP contribution is -2.47. The maximum atomic E-state index is 3.46. The summed E-state index contributed by atoms with van der Waals surface area (Å²) >= 11 is 0. The lowest BCUT2D eigenvalue weighted by molar-refractivity contribution is 0.119. The van der Waals surface area contributed by atoms with Crippen molar-refractivity contribution in [2.75, 3.05) is 45.8 Å². The maximum Gasteiger partial charge on any atom is 0.0113 e. The Hall–Kier alpha value is -0.120. The molecule has 0 unspecified atom stereocenters. The minimum absolute atomic E-state index is 0.974. The van der Waals surface area contributed by atoms with Crippen LogP contribution in [0.25, 0.3) is 0 Å². The third-order valence-corrected chi connectivity index (χ3v) is 4.78. The van der Waals surface area contributed by atoms with E-state index < -0.39 is 0 Å². The van der Waals surface area contributed by atoms with Gasteiger partial charge in [-0.05, 0) is 57.7 Å². The SMILES string of the molecule is C1CC(CCN2CCN(C3CC3)CC2)CCN1. The van der Waals surface area contributed by atoms with Crippen LogP contribution in [0, 0.1) is 5.92 Å². The molecular formula is C14H27N3. The van der Waals surface area contributed by atoms with E-state index in [9.17, 15) is 0 Å². The number of nitrogens with zero attached hydrogens (tertiary/aromatic N) is 2. The molecule has 1 N–H and O–H groups in total. The minimum Gasteiger partial charge on any atom is -0.317 e. The molecule has 3 heteroatoms. The van der Waals surface area contributed by atoms with E-state index in [1.807, 2.05) is 0 Å². The summed E-state index contributed by atoms with van der Waals surface area (Å²) in [6.07, 6.45) is 7.18. The summed E-state index contributed by atoms with van der Waals surface area (Å²) in [6.45, 7) is 9.15. The predicted molar refractivity (Wildman–Crippen MR) is 71.2 cm³/mol. The van der Waals surface area contributed by atoms with E-state index in [1.165, 1.54) is 77.9 Å². The van der Waals surface area contributed by atoms with Crippen molar-refractivity contribution in [3.8, 4) is 0 Å². The molecule has 0 aromatic heterocycles. The van der Waals surface area contributed by atoms with Gasteiger partial charge >= 0.3 is 0 Å². The van der Waals surface area contributed by atoms with Crippen molar-refractivity contribution in [2.24, 2.45) is 5.92 Å². The summed E-state index contributed by atoms with van der Waals surface area (Å²) in [5.74, 6) is 0.998. The molecule has 1 aliphatic carbocycles. The second-order valence-corrected chi connectivity index (χ2v) is 6.09. The molecule has 0 atom stereocenters. The Morgan fingerprint density at radius 1 is 0.882 bits per heavy atom. The fourth-order valence-electron chi connectivity index (χ4n) is 3.33. The molecule has 3 nitrogen and oxygen atoms in total. The van der Waals surface area contributed by atoms with Gasteiger partial charge in [-0.15, -0.1) is 0 Å². The fraction of sp³-hybridized carbons (Fsp3) is 1.00. The predicted octanol–water partition coefficient (Wildman–Crippen LogP) is 1.16. The Morgan fingerprint density at radius 2 is 1.59 bits per heavy atom. The Balaban J connectivity index is 1.32. The molecular weight excluding hydrogens is 210 g/mol. The van der Waals surface area contributed by atoms with Gasteiger partial charge < -0.3 is 10.2 Å². The number of piperidine rings is 1. The summed E-state index contributed by atoms with van der Waals surface area (Å²) in [5.41, 5.74) is 0. The van der Waals surface area contributed by atoms with Gasteiger partial charge in [-0.2, -0.15) is 0 Å². The van der Waals surface area contributed by atoms with Crippen molar-refractivity contribution in [1.82, 2.24) is 15.1 Å². The summed E-state index contributed by atoms with van der Waals surface area (Å²) in [7, 11) is 0. The van der Waals surface area contributed by atoms with Gasteiger partial charge in [0.05, 0.1) is 0 Å². The molecule has 0 aromatic rings. The molecule has 17 heavy (non-hydrogen) atoms. The van der Waals surface area contributed by atoms with Crippen molar-refractivity contribution >= 4 is 0 Å². The highest BCUT2D eigenvalue weighted by molar-refractivity contribution is 4.87. The van der Waals surface area contributed by atoms with Gasteiger partial charge in [0.25, 0.3) is 0 Å². The normalized spacial score (nSPS) is 29.6. The zero-order chi connectivity index (χ0) is 11.5. The van der Waals surface area contributed by atoms with Crippen molar-refractivity contribution < 1.29 is 0 Å². The number of nitrogens with one attached hydrogen (secondary N) is 1. The summed E-state index contributed by atoms with van der Waals surface area (Å²) in [5, 5.41) is 3.46. The first-order chi connectivity index (χ1) is 8.42. The Morgan fingerprint density at radius 3 is 2.24 bits per heavy atom. The minimum atomic E-state index is 0.974. The van der Waals surface area contributed by atoms with Crippen molar-refractivity contribution in [2.45, 2.75) is 38.1 Å². The third kappa shape index (κ3) is 3.43. The van der Waals surface area contributed by atoms with E-state index in [0.717, 1.165) is 12.0 Å². The average molecular weight is 237 g/mol. The summed E-state index contributed by atoms with van der Waals surface area (Å²) < 4.78 is 0. The zero-order valence-electron chi connectivity index (χ0n) is 11.0. The Bertz CT molecular complexity index is 226. The Labute approximate surface area is 106 Å². The van der Waals surface area contributed by atoms with Gasteiger partial charge in [-0.3, -0.25) is 4.90 Å². The van der Waals surface area contributed by atoms with Gasteiger partial charge in [0.2, 0.25) is 0 Å². The standard InChI is InChI=1S/C14H27N3/c1-2-14(1)17-11-9-16(10-12-17)8-5-13-3-6-15-7-4-13/h13-15H,1-12H2. The van der Waals surface area contributed by atoms with E-state index in [0.29, 0.717) is 0 Å². The largest absolute Gasteiger partial charge is 0.317 e. The molecule has 3 aliphatic rings. The van der Waals surface area contributed by atoms with Gasteiger partial charge in [0, 0.05) is 32.2 Å². The van der Waals surface area contributed by atoms with Gasteiger partial charge in [-0.1, -0.05) is 0 Å². The highest BCUT2D eigenvalue weighted by Crippen LogP contribution is 2.27. The van der Waals surface area contributed by atoms with Gasteiger partial charge in [-0.25, -0.2) is 0 Å². The number of piperazine rings is 1. The number of hydrogen-bond donors (Lipinski definition) is 1. The van der Waals surface area contributed by atoms with E-state index in [1.54, 1.807) is 0 Å². The molecule has 0 bridgehead atoms. The molecule has 2 aliphatic heterocycles. The summed E-state index contributed by atoms with van der Waals surface area (Å²) in [6, 6.07) is 0.974. The lowest BCUT2D eigenvalue weighted by atomic mass is 9.94. The van der Waals surface area contributed by atoms with Crippen LogP contribution in [0.2, 0.25) is 0 Å². The maximum absolute atomic E-state index is 3.46. The molecule has 2 heterocycles. The molecule has 0 spiro atoms. The molecule has 0 radical (unpaired) electrons. The highest BCUT2D eigenvalue weighted by atomic mass is 15.3. The molecule has 1 saturated carbocycles. The second kappa shape index (κ2) is 5.68. The van der Waals surface area contributed by atoms with Crippen LogP contribution in [0.1, 0.15) is 32.1 Å². The summed E-state index contributed by atoms with van der Waals surface area (Å²) in [4.78, 5) is 5.40. The molecule has 98 valence electrons. The van der Waals surface area contributed by atoms with Crippen molar-refractivity contribution in [3.63, 3.8) is 0 Å². The van der Waals surface area contributed by atoms with E-state index in [-0.39, 0.29) is 0 Å². The first-order valence-corrected chi connectivity index (χ1v) is 7.59. The number of rotatable bonds is 4. The fourth-order valence-corrected chi connectivity index (χ4v) is 3.33. The van der Waals surface area contributed by atoms with Gasteiger partial charge in [0.15, 0.2) is 0 Å². The van der Waals surface area contributed by atoms with Crippen LogP contribution < -0.4 is 5.32 Å². The van der Waals surface area contributed by atoms with Crippen molar-refractivity contribution in [1.29, 1.82) is 0 Å². The Kier molecular flexibility index (Phi) is 3.99. The monoisotopic (exact) mass is 237 g/mol. The lowest BCUT2D eigenvalue weighted by Gasteiger charge is -2.35. The molecule has 3 rings (SSSR count). The topological polar surface area (TPSA) is 18.5 Å². The van der Waals surface area contributed by atoms with E-state index in [4.69, 9.17) is 0 Å². The average Bonchev–Trinajstić information content (AvgIpc) is 3.23. The second-order valence-electron chi connectivity index (χ2n) is 6.09. The van der Waals surface area contributed by atoms with Crippen LogP contribution in [0.3, 0.4) is 0 Å². The molecule has 3 fully saturated rings. The first kappa shape index (κ1) is 11.9. The number of hydrogen-bond acceptors (Lipinski definition) is 3.